The molecule has 2 aliphatic heterocycles. The Balaban J connectivity index is 1.31. The van der Waals surface area contributed by atoms with Gasteiger partial charge in [-0.2, -0.15) is 0 Å². The highest BCUT2D eigenvalue weighted by Crippen LogP contribution is 2.30. The number of nitrogens with two attached hydrogens (primary N) is 1. The van der Waals surface area contributed by atoms with Crippen LogP contribution in [0.25, 0.3) is 11.3 Å². The second-order valence-electron chi connectivity index (χ2n) is 7.50. The average Bonchev–Trinajstić information content (AvgIpc) is 3.26. The van der Waals surface area contributed by atoms with E-state index in [9.17, 15) is 9.59 Å². The van der Waals surface area contributed by atoms with Crippen molar-refractivity contribution in [2.24, 2.45) is 10.7 Å². The van der Waals surface area contributed by atoms with Gasteiger partial charge in [0.05, 0.1) is 0 Å². The fourth-order valence-electron chi connectivity index (χ4n) is 3.78. The topological polar surface area (TPSA) is 101 Å². The molecule has 28 heavy (non-hydrogen) atoms. The van der Waals surface area contributed by atoms with Gasteiger partial charge in [-0.3, -0.25) is 14.9 Å². The molecule has 2 aromatic rings. The van der Waals surface area contributed by atoms with E-state index in [1.54, 1.807) is 4.90 Å². The summed E-state index contributed by atoms with van der Waals surface area (Å²) in [6.45, 7) is 3.07. The molecule has 3 heterocycles. The van der Waals surface area contributed by atoms with Crippen molar-refractivity contribution in [3.8, 4) is 11.3 Å². The van der Waals surface area contributed by atoms with Crippen molar-refractivity contribution in [1.82, 2.24) is 10.2 Å². The third kappa shape index (κ3) is 3.52. The van der Waals surface area contributed by atoms with Gasteiger partial charge in [0.2, 0.25) is 5.91 Å². The van der Waals surface area contributed by atoms with Crippen LogP contribution < -0.4 is 11.1 Å². The molecule has 0 radical (unpaired) electrons. The molecule has 1 fully saturated rings. The van der Waals surface area contributed by atoms with Crippen LogP contribution in [-0.4, -0.2) is 41.3 Å². The Labute approximate surface area is 163 Å². The van der Waals surface area contributed by atoms with Crippen LogP contribution in [0.4, 0.5) is 0 Å². The molecule has 0 atom stereocenters. The van der Waals surface area contributed by atoms with Gasteiger partial charge in [-0.05, 0) is 31.9 Å². The van der Waals surface area contributed by atoms with Crippen LogP contribution in [0.1, 0.15) is 30.6 Å². The number of nitrogens with zero attached hydrogens (tertiary/aromatic N) is 2. The van der Waals surface area contributed by atoms with E-state index < -0.39 is 5.54 Å². The molecule has 0 bridgehead atoms. The SMILES string of the molecule is Cc1ccc(-c2ccc(CCC(=O)N3CCC4(CC3)N=C(N)NC4=O)o2)cc1. The van der Waals surface area contributed by atoms with Crippen molar-refractivity contribution in [2.75, 3.05) is 13.1 Å². The molecule has 7 nitrogen and oxygen atoms in total. The summed E-state index contributed by atoms with van der Waals surface area (Å²) in [5, 5.41) is 2.56. The number of nitrogens with one attached hydrogen (secondary N) is 1. The number of rotatable bonds is 4. The van der Waals surface area contributed by atoms with E-state index in [1.165, 1.54) is 5.56 Å². The number of hydrogen-bond donors (Lipinski definition) is 2. The second kappa shape index (κ2) is 7.14. The van der Waals surface area contributed by atoms with E-state index in [-0.39, 0.29) is 17.8 Å². The van der Waals surface area contributed by atoms with Gasteiger partial charge in [0.15, 0.2) is 5.96 Å². The molecule has 4 rings (SSSR count). The minimum absolute atomic E-state index is 0.0680. The van der Waals surface area contributed by atoms with Gasteiger partial charge in [0.25, 0.3) is 5.91 Å². The van der Waals surface area contributed by atoms with Gasteiger partial charge < -0.3 is 15.1 Å². The lowest BCUT2D eigenvalue weighted by Crippen LogP contribution is -2.50. The number of aliphatic imine (C=N–C) groups is 1. The molecule has 1 aromatic carbocycles. The van der Waals surface area contributed by atoms with E-state index in [4.69, 9.17) is 10.2 Å². The second-order valence-corrected chi connectivity index (χ2v) is 7.50. The van der Waals surface area contributed by atoms with Crippen molar-refractivity contribution in [3.05, 3.63) is 47.7 Å². The third-order valence-corrected chi connectivity index (χ3v) is 5.53. The number of likely N-dealkylation sites (tertiary alicyclic amines) is 1. The normalized spacial score (nSPS) is 18.2. The third-order valence-electron chi connectivity index (χ3n) is 5.53. The Kier molecular flexibility index (Phi) is 4.66. The van der Waals surface area contributed by atoms with Crippen molar-refractivity contribution in [1.29, 1.82) is 0 Å². The van der Waals surface area contributed by atoms with Gasteiger partial charge >= 0.3 is 0 Å². The van der Waals surface area contributed by atoms with Crippen molar-refractivity contribution in [2.45, 2.75) is 38.1 Å². The molecule has 0 unspecified atom stereocenters. The van der Waals surface area contributed by atoms with Crippen molar-refractivity contribution in [3.63, 3.8) is 0 Å². The number of benzene rings is 1. The van der Waals surface area contributed by atoms with Crippen LogP contribution >= 0.6 is 0 Å². The van der Waals surface area contributed by atoms with E-state index in [1.807, 2.05) is 43.3 Å². The summed E-state index contributed by atoms with van der Waals surface area (Å²) >= 11 is 0. The summed E-state index contributed by atoms with van der Waals surface area (Å²) in [6, 6.07) is 12.0. The monoisotopic (exact) mass is 380 g/mol. The Bertz CT molecular complexity index is 921. The quantitative estimate of drug-likeness (QED) is 0.847. The van der Waals surface area contributed by atoms with Gasteiger partial charge in [0.1, 0.15) is 17.1 Å². The lowest BCUT2D eigenvalue weighted by Gasteiger charge is -2.35. The molecule has 3 N–H and O–H groups in total. The van der Waals surface area contributed by atoms with E-state index >= 15 is 0 Å². The number of piperidine rings is 1. The number of hydrogen-bond acceptors (Lipinski definition) is 5. The Morgan fingerprint density at radius 1 is 1.21 bits per heavy atom. The maximum absolute atomic E-state index is 12.6. The van der Waals surface area contributed by atoms with Crippen molar-refractivity contribution >= 4 is 17.8 Å². The minimum atomic E-state index is -0.787. The standard InChI is InChI=1S/C21H24N4O3/c1-14-2-4-15(5-3-14)17-8-6-16(28-17)7-9-18(26)25-12-10-21(11-13-25)19(27)23-20(22)24-21/h2-6,8H,7,9-13H2,1H3,(H3,22,23,24,27). The maximum atomic E-state index is 12.6. The fraction of sp³-hybridized carbons (Fsp3) is 0.381. The van der Waals surface area contributed by atoms with Crippen LogP contribution in [0, 0.1) is 6.92 Å². The maximum Gasteiger partial charge on any atom is 0.254 e. The fourth-order valence-corrected chi connectivity index (χ4v) is 3.78. The molecular weight excluding hydrogens is 356 g/mol. The molecule has 2 aliphatic rings. The summed E-state index contributed by atoms with van der Waals surface area (Å²) in [6.07, 6.45) is 1.94. The van der Waals surface area contributed by atoms with E-state index in [0.29, 0.717) is 38.8 Å². The van der Waals surface area contributed by atoms with Crippen LogP contribution in [0.15, 0.2) is 45.8 Å². The van der Waals surface area contributed by atoms with Crippen LogP contribution in [-0.2, 0) is 16.0 Å². The molecule has 0 aliphatic carbocycles. The van der Waals surface area contributed by atoms with E-state index in [0.717, 1.165) is 17.1 Å². The molecule has 7 heteroatoms. The Morgan fingerprint density at radius 3 is 2.57 bits per heavy atom. The summed E-state index contributed by atoms with van der Waals surface area (Å²) in [7, 11) is 0. The number of aryl methyl sites for hydroxylation is 2. The summed E-state index contributed by atoms with van der Waals surface area (Å²) in [4.78, 5) is 30.7. The zero-order valence-electron chi connectivity index (χ0n) is 15.9. The summed E-state index contributed by atoms with van der Waals surface area (Å²) in [5.74, 6) is 1.69. The van der Waals surface area contributed by atoms with E-state index in [2.05, 4.69) is 10.3 Å². The average molecular weight is 380 g/mol. The number of amides is 2. The van der Waals surface area contributed by atoms with Crippen molar-refractivity contribution < 1.29 is 14.0 Å². The number of carbonyl (C=O) groups is 2. The molecular formula is C21H24N4O3. The Morgan fingerprint density at radius 2 is 1.93 bits per heavy atom. The van der Waals surface area contributed by atoms with Crippen LogP contribution in [0.2, 0.25) is 0 Å². The predicted molar refractivity (Wildman–Crippen MR) is 106 cm³/mol. The zero-order chi connectivity index (χ0) is 19.7. The van der Waals surface area contributed by atoms with Gasteiger partial charge in [-0.15, -0.1) is 0 Å². The first-order valence-corrected chi connectivity index (χ1v) is 9.55. The molecule has 2 amide bonds. The molecule has 0 saturated carbocycles. The largest absolute Gasteiger partial charge is 0.461 e. The summed E-state index contributed by atoms with van der Waals surface area (Å²) in [5.41, 5.74) is 7.06. The predicted octanol–water partition coefficient (Wildman–Crippen LogP) is 1.99. The zero-order valence-corrected chi connectivity index (χ0v) is 15.9. The molecule has 146 valence electrons. The highest BCUT2D eigenvalue weighted by Gasteiger charge is 2.45. The first-order chi connectivity index (χ1) is 13.4. The summed E-state index contributed by atoms with van der Waals surface area (Å²) < 4.78 is 5.89. The number of furan rings is 1. The Hall–Kier alpha value is -3.09. The van der Waals surface area contributed by atoms with Gasteiger partial charge in [-0.25, -0.2) is 4.99 Å². The smallest absolute Gasteiger partial charge is 0.254 e. The van der Waals surface area contributed by atoms with Gasteiger partial charge in [-0.1, -0.05) is 29.8 Å². The first-order valence-electron chi connectivity index (χ1n) is 9.55. The van der Waals surface area contributed by atoms with Crippen LogP contribution in [0.5, 0.6) is 0 Å². The molecule has 1 saturated heterocycles. The minimum Gasteiger partial charge on any atom is -0.461 e. The van der Waals surface area contributed by atoms with Crippen LogP contribution in [0.3, 0.4) is 0 Å². The lowest BCUT2D eigenvalue weighted by molar-refractivity contribution is -0.135. The van der Waals surface area contributed by atoms with Gasteiger partial charge in [0, 0.05) is 31.5 Å². The lowest BCUT2D eigenvalue weighted by atomic mass is 9.88. The molecule has 1 spiro atoms. The molecule has 1 aromatic heterocycles. The highest BCUT2D eigenvalue weighted by molar-refractivity contribution is 6.06. The first kappa shape index (κ1) is 18.3. The number of carbonyl (C=O) groups excluding carboxylic acids is 2. The highest BCUT2D eigenvalue weighted by atomic mass is 16.3. The number of guanidine groups is 1.